The molecule has 1 amide bonds. The second-order valence-electron chi connectivity index (χ2n) is 2.71. The molecule has 0 aromatic rings. The van der Waals surface area contributed by atoms with E-state index >= 15 is 0 Å². The predicted octanol–water partition coefficient (Wildman–Crippen LogP) is 1.61. The largest absolute Gasteiger partial charge is 0.411 e. The summed E-state index contributed by atoms with van der Waals surface area (Å²) < 4.78 is 39.2. The molecule has 0 atom stereocenters. The maximum atomic E-state index is 11.6. The molecule has 1 aliphatic rings. The van der Waals surface area contributed by atoms with Gasteiger partial charge < -0.3 is 9.64 Å². The molecule has 76 valence electrons. The normalized spacial score (nSPS) is 18.6. The summed E-state index contributed by atoms with van der Waals surface area (Å²) in [7, 11) is 0. The number of hydrogen-bond acceptors (Lipinski definition) is 2. The van der Waals surface area contributed by atoms with Crippen molar-refractivity contribution in [2.24, 2.45) is 0 Å². The number of carbonyl (C=O) groups excluding carboxylic acids is 1. The van der Waals surface area contributed by atoms with Crippen molar-refractivity contribution < 1.29 is 22.7 Å². The van der Waals surface area contributed by atoms with Gasteiger partial charge in [0, 0.05) is 13.1 Å². The summed E-state index contributed by atoms with van der Waals surface area (Å²) in [4.78, 5) is 11.6. The Bertz CT molecular complexity index is 203. The minimum absolute atomic E-state index is 0.137. The zero-order valence-electron chi connectivity index (χ0n) is 6.47. The van der Waals surface area contributed by atoms with Crippen LogP contribution in [0.15, 0.2) is 0 Å². The number of alkyl halides is 3. The number of likely N-dealkylation sites (tertiary alicyclic amines) is 1. The van der Waals surface area contributed by atoms with Crippen LogP contribution in [0.1, 0.15) is 0 Å². The van der Waals surface area contributed by atoms with Gasteiger partial charge in [0.05, 0.1) is 6.10 Å². The number of rotatable bonds is 2. The molecule has 0 saturated carbocycles. The molecule has 0 aliphatic carbocycles. The third-order valence-electron chi connectivity index (χ3n) is 1.58. The van der Waals surface area contributed by atoms with Crippen LogP contribution in [0.2, 0.25) is 0 Å². The molecular weight excluding hydrogens is 211 g/mol. The minimum atomic E-state index is -4.31. The first-order valence-electron chi connectivity index (χ1n) is 3.51. The second kappa shape index (κ2) is 3.71. The lowest BCUT2D eigenvalue weighted by molar-refractivity contribution is -0.195. The SMILES string of the molecule is O=C(Cl)N1CC(OCC(F)(F)F)C1. The molecule has 0 unspecified atom stereocenters. The topological polar surface area (TPSA) is 29.5 Å². The van der Waals surface area contributed by atoms with Crippen LogP contribution in [-0.4, -0.2) is 42.2 Å². The van der Waals surface area contributed by atoms with E-state index in [4.69, 9.17) is 11.6 Å². The molecule has 0 aromatic heterocycles. The first kappa shape index (κ1) is 10.6. The van der Waals surface area contributed by atoms with Gasteiger partial charge in [-0.25, -0.2) is 0 Å². The van der Waals surface area contributed by atoms with Crippen molar-refractivity contribution in [2.75, 3.05) is 19.7 Å². The van der Waals surface area contributed by atoms with Gasteiger partial charge in [-0.2, -0.15) is 13.2 Å². The van der Waals surface area contributed by atoms with Gasteiger partial charge in [0.1, 0.15) is 6.61 Å². The standard InChI is InChI=1S/C6H7ClF3NO2/c7-5(12)11-1-4(2-11)13-3-6(8,9)10/h4H,1-3H2. The van der Waals surface area contributed by atoms with Crippen LogP contribution in [-0.2, 0) is 4.74 Å². The molecule has 13 heavy (non-hydrogen) atoms. The number of ether oxygens (including phenoxy) is 1. The van der Waals surface area contributed by atoms with Gasteiger partial charge in [-0.15, -0.1) is 0 Å². The molecule has 0 aromatic carbocycles. The first-order chi connectivity index (χ1) is 5.88. The maximum absolute atomic E-state index is 11.6. The third kappa shape index (κ3) is 3.40. The van der Waals surface area contributed by atoms with Gasteiger partial charge in [0.2, 0.25) is 0 Å². The van der Waals surface area contributed by atoms with Crippen molar-refractivity contribution in [3.05, 3.63) is 0 Å². The predicted molar refractivity (Wildman–Crippen MR) is 38.6 cm³/mol. The van der Waals surface area contributed by atoms with Gasteiger partial charge >= 0.3 is 11.5 Å². The van der Waals surface area contributed by atoms with Crippen LogP contribution in [0.5, 0.6) is 0 Å². The Kier molecular flexibility index (Phi) is 3.02. The summed E-state index contributed by atoms with van der Waals surface area (Å²) in [6, 6.07) is 0. The average molecular weight is 218 g/mol. The Morgan fingerprint density at radius 2 is 2.08 bits per heavy atom. The second-order valence-corrected chi connectivity index (χ2v) is 3.03. The quantitative estimate of drug-likeness (QED) is 0.520. The summed E-state index contributed by atoms with van der Waals surface area (Å²) in [5, 5.41) is -0.660. The molecule has 1 fully saturated rings. The molecule has 0 spiro atoms. The maximum Gasteiger partial charge on any atom is 0.411 e. The number of hydrogen-bond donors (Lipinski definition) is 0. The summed E-state index contributed by atoms with van der Waals surface area (Å²) in [6.07, 6.45) is -4.85. The van der Waals surface area contributed by atoms with Crippen LogP contribution in [0.3, 0.4) is 0 Å². The molecule has 0 N–H and O–H groups in total. The molecule has 0 bridgehead atoms. The van der Waals surface area contributed by atoms with Gasteiger partial charge in [-0.1, -0.05) is 0 Å². The van der Waals surface area contributed by atoms with Crippen molar-refractivity contribution in [3.63, 3.8) is 0 Å². The monoisotopic (exact) mass is 217 g/mol. The number of amides is 1. The zero-order valence-corrected chi connectivity index (χ0v) is 7.23. The Hall–Kier alpha value is -0.490. The van der Waals surface area contributed by atoms with Crippen molar-refractivity contribution >= 4 is 17.0 Å². The van der Waals surface area contributed by atoms with E-state index in [1.165, 1.54) is 4.90 Å². The van der Waals surface area contributed by atoms with E-state index in [2.05, 4.69) is 4.74 Å². The van der Waals surface area contributed by atoms with E-state index in [1.54, 1.807) is 0 Å². The Morgan fingerprint density at radius 1 is 1.54 bits per heavy atom. The lowest BCUT2D eigenvalue weighted by Gasteiger charge is -2.37. The highest BCUT2D eigenvalue weighted by atomic mass is 35.5. The van der Waals surface area contributed by atoms with Crippen molar-refractivity contribution in [1.82, 2.24) is 4.90 Å². The van der Waals surface area contributed by atoms with Crippen LogP contribution in [0.4, 0.5) is 18.0 Å². The van der Waals surface area contributed by atoms with E-state index in [1.807, 2.05) is 0 Å². The fourth-order valence-corrected chi connectivity index (χ4v) is 1.04. The zero-order chi connectivity index (χ0) is 10.1. The highest BCUT2D eigenvalue weighted by Crippen LogP contribution is 2.19. The number of carbonyl (C=O) groups is 1. The van der Waals surface area contributed by atoms with Crippen LogP contribution >= 0.6 is 11.6 Å². The van der Waals surface area contributed by atoms with Gasteiger partial charge in [0.15, 0.2) is 0 Å². The number of halogens is 4. The fourth-order valence-electron chi connectivity index (χ4n) is 0.899. The Balaban J connectivity index is 2.12. The lowest BCUT2D eigenvalue weighted by Crippen LogP contribution is -2.53. The minimum Gasteiger partial charge on any atom is -0.365 e. The highest BCUT2D eigenvalue weighted by Gasteiger charge is 2.35. The lowest BCUT2D eigenvalue weighted by atomic mass is 10.2. The van der Waals surface area contributed by atoms with Gasteiger partial charge in [-0.3, -0.25) is 4.79 Å². The molecule has 1 aliphatic heterocycles. The van der Waals surface area contributed by atoms with Crippen LogP contribution < -0.4 is 0 Å². The van der Waals surface area contributed by atoms with E-state index in [9.17, 15) is 18.0 Å². The third-order valence-corrected chi connectivity index (χ3v) is 1.82. The molecule has 7 heteroatoms. The van der Waals surface area contributed by atoms with Crippen LogP contribution in [0.25, 0.3) is 0 Å². The van der Waals surface area contributed by atoms with Crippen molar-refractivity contribution in [2.45, 2.75) is 12.3 Å². The van der Waals surface area contributed by atoms with Gasteiger partial charge in [0.25, 0.3) is 0 Å². The molecule has 0 radical (unpaired) electrons. The van der Waals surface area contributed by atoms with E-state index in [-0.39, 0.29) is 13.1 Å². The Labute approximate surface area is 77.4 Å². The fraction of sp³-hybridized carbons (Fsp3) is 0.833. The molecule has 1 saturated heterocycles. The molecule has 3 nitrogen and oxygen atoms in total. The molecule has 1 rings (SSSR count). The summed E-state index contributed by atoms with van der Waals surface area (Å²) in [5.74, 6) is 0. The molecular formula is C6H7ClF3NO2. The highest BCUT2D eigenvalue weighted by molar-refractivity contribution is 6.62. The Morgan fingerprint density at radius 3 is 2.46 bits per heavy atom. The summed E-state index contributed by atoms with van der Waals surface area (Å²) >= 11 is 5.04. The van der Waals surface area contributed by atoms with Crippen LogP contribution in [0, 0.1) is 0 Å². The average Bonchev–Trinajstić information content (AvgIpc) is 1.79. The van der Waals surface area contributed by atoms with E-state index < -0.39 is 24.3 Å². The van der Waals surface area contributed by atoms with E-state index in [0.29, 0.717) is 0 Å². The molecule has 1 heterocycles. The first-order valence-corrected chi connectivity index (χ1v) is 3.89. The van der Waals surface area contributed by atoms with Crippen molar-refractivity contribution in [1.29, 1.82) is 0 Å². The number of nitrogens with zero attached hydrogens (tertiary/aromatic N) is 1. The smallest absolute Gasteiger partial charge is 0.365 e. The summed E-state index contributed by atoms with van der Waals surface area (Å²) in [6.45, 7) is -1.00. The van der Waals surface area contributed by atoms with Crippen molar-refractivity contribution in [3.8, 4) is 0 Å². The summed E-state index contributed by atoms with van der Waals surface area (Å²) in [5.41, 5.74) is 0. The van der Waals surface area contributed by atoms with Gasteiger partial charge in [-0.05, 0) is 11.6 Å². The van der Waals surface area contributed by atoms with E-state index in [0.717, 1.165) is 0 Å².